The number of esters is 1. The van der Waals surface area contributed by atoms with E-state index in [1.807, 2.05) is 0 Å². The Morgan fingerprint density at radius 2 is 1.73 bits per heavy atom. The van der Waals surface area contributed by atoms with E-state index < -0.39 is 24.0 Å². The highest BCUT2D eigenvalue weighted by Gasteiger charge is 2.23. The molecule has 0 fully saturated rings. The van der Waals surface area contributed by atoms with E-state index >= 15 is 0 Å². The van der Waals surface area contributed by atoms with Crippen molar-refractivity contribution < 1.29 is 28.6 Å². The largest absolute Gasteiger partial charge is 0.497 e. The van der Waals surface area contributed by atoms with Crippen molar-refractivity contribution in [2.24, 2.45) is 0 Å². The molecule has 2 unspecified atom stereocenters. The first-order chi connectivity index (χ1) is 14.3. The summed E-state index contributed by atoms with van der Waals surface area (Å²) in [7, 11) is 1.54. The minimum absolute atomic E-state index is 0.0285. The number of nitrogens with one attached hydrogen (secondary N) is 1. The van der Waals surface area contributed by atoms with E-state index in [0.717, 1.165) is 0 Å². The van der Waals surface area contributed by atoms with Crippen LogP contribution in [0.25, 0.3) is 0 Å². The van der Waals surface area contributed by atoms with Gasteiger partial charge in [-0.3, -0.25) is 14.4 Å². The molecule has 160 valence electrons. The zero-order chi connectivity index (χ0) is 22.1. The van der Waals surface area contributed by atoms with E-state index in [-0.39, 0.29) is 18.8 Å². The third kappa shape index (κ3) is 6.62. The van der Waals surface area contributed by atoms with Gasteiger partial charge in [0.2, 0.25) is 0 Å². The summed E-state index contributed by atoms with van der Waals surface area (Å²) in [6.07, 6.45) is -0.873. The number of amides is 1. The second kappa shape index (κ2) is 11.0. The molecule has 0 aromatic heterocycles. The number of carbonyl (C=O) groups excluding carboxylic acids is 3. The van der Waals surface area contributed by atoms with Crippen LogP contribution in [0.1, 0.15) is 49.2 Å². The van der Waals surface area contributed by atoms with Gasteiger partial charge in [-0.15, -0.1) is 0 Å². The topological polar surface area (TPSA) is 90.9 Å². The molecule has 0 spiro atoms. The van der Waals surface area contributed by atoms with Gasteiger partial charge in [-0.2, -0.15) is 0 Å². The van der Waals surface area contributed by atoms with Crippen LogP contribution in [0.5, 0.6) is 11.5 Å². The van der Waals surface area contributed by atoms with E-state index in [1.165, 1.54) is 6.92 Å². The van der Waals surface area contributed by atoms with Crippen LogP contribution in [0.4, 0.5) is 0 Å². The molecule has 1 N–H and O–H groups in total. The lowest BCUT2D eigenvalue weighted by atomic mass is 10.0. The molecule has 0 aliphatic heterocycles. The molecule has 0 aliphatic rings. The highest BCUT2D eigenvalue weighted by molar-refractivity contribution is 5.94. The molecule has 1 amide bonds. The van der Waals surface area contributed by atoms with Crippen molar-refractivity contribution in [2.45, 2.75) is 39.3 Å². The van der Waals surface area contributed by atoms with Gasteiger partial charge in [0, 0.05) is 5.56 Å². The Labute approximate surface area is 176 Å². The van der Waals surface area contributed by atoms with Crippen LogP contribution >= 0.6 is 0 Å². The lowest BCUT2D eigenvalue weighted by Gasteiger charge is -2.22. The predicted octanol–water partition coefficient (Wildman–Crippen LogP) is 3.48. The van der Waals surface area contributed by atoms with Crippen molar-refractivity contribution in [3.8, 4) is 11.5 Å². The molecule has 7 heteroatoms. The van der Waals surface area contributed by atoms with Gasteiger partial charge >= 0.3 is 5.97 Å². The molecule has 7 nitrogen and oxygen atoms in total. The minimum Gasteiger partial charge on any atom is -0.497 e. The number of rotatable bonds is 10. The zero-order valence-electron chi connectivity index (χ0n) is 17.6. The Balaban J connectivity index is 2.14. The fourth-order valence-electron chi connectivity index (χ4n) is 2.83. The van der Waals surface area contributed by atoms with Crippen LogP contribution in [-0.2, 0) is 14.3 Å². The number of Topliss-reactive ketones (excluding diaryl/α,β-unsaturated/α-hetero) is 1. The number of hydrogen-bond acceptors (Lipinski definition) is 6. The van der Waals surface area contributed by atoms with Crippen molar-refractivity contribution in [1.82, 2.24) is 5.32 Å². The van der Waals surface area contributed by atoms with Gasteiger partial charge in [0.25, 0.3) is 5.91 Å². The van der Waals surface area contributed by atoms with E-state index in [0.29, 0.717) is 22.6 Å². The number of ether oxygens (including phenoxy) is 3. The van der Waals surface area contributed by atoms with Gasteiger partial charge in [-0.1, -0.05) is 24.3 Å². The number of methoxy groups -OCH3 is 1. The van der Waals surface area contributed by atoms with Crippen LogP contribution in [0.15, 0.2) is 48.5 Å². The summed E-state index contributed by atoms with van der Waals surface area (Å²) >= 11 is 0. The van der Waals surface area contributed by atoms with Gasteiger partial charge in [0.15, 0.2) is 11.9 Å². The molecule has 0 radical (unpaired) electrons. The average Bonchev–Trinajstić information content (AvgIpc) is 2.73. The Kier molecular flexibility index (Phi) is 8.41. The lowest BCUT2D eigenvalue weighted by Crippen LogP contribution is -2.39. The molecule has 0 saturated carbocycles. The average molecular weight is 413 g/mol. The summed E-state index contributed by atoms with van der Waals surface area (Å²) in [5.74, 6) is 0.105. The molecule has 2 aromatic rings. The summed E-state index contributed by atoms with van der Waals surface area (Å²) in [5.41, 5.74) is 1.21. The second-order valence-electron chi connectivity index (χ2n) is 6.69. The Hall–Kier alpha value is -3.35. The Bertz CT molecular complexity index is 895. The summed E-state index contributed by atoms with van der Waals surface area (Å²) in [6.45, 7) is 5.04. The first kappa shape index (κ1) is 22.9. The van der Waals surface area contributed by atoms with Gasteiger partial charge in [-0.05, 0) is 50.6 Å². The van der Waals surface area contributed by atoms with Gasteiger partial charge in [0.05, 0.1) is 26.2 Å². The van der Waals surface area contributed by atoms with E-state index in [2.05, 4.69) is 5.32 Å². The summed E-state index contributed by atoms with van der Waals surface area (Å²) in [6, 6.07) is 13.1. The maximum absolute atomic E-state index is 12.8. The highest BCUT2D eigenvalue weighted by Crippen LogP contribution is 2.23. The second-order valence-corrected chi connectivity index (χ2v) is 6.69. The number of hydrogen-bond donors (Lipinski definition) is 1. The maximum atomic E-state index is 12.8. The molecule has 0 aliphatic carbocycles. The van der Waals surface area contributed by atoms with Crippen molar-refractivity contribution in [2.75, 3.05) is 13.7 Å². The van der Waals surface area contributed by atoms with E-state index in [9.17, 15) is 14.4 Å². The summed E-state index contributed by atoms with van der Waals surface area (Å²) in [5, 5.41) is 2.84. The molecule has 2 atom stereocenters. The fraction of sp³-hybridized carbons (Fsp3) is 0.348. The first-order valence-corrected chi connectivity index (χ1v) is 9.71. The Morgan fingerprint density at radius 1 is 1.03 bits per heavy atom. The van der Waals surface area contributed by atoms with Crippen LogP contribution in [0, 0.1) is 0 Å². The molecular formula is C23H27NO6. The molecule has 30 heavy (non-hydrogen) atoms. The van der Waals surface area contributed by atoms with Crippen molar-refractivity contribution in [3.63, 3.8) is 0 Å². The predicted molar refractivity (Wildman–Crippen MR) is 112 cm³/mol. The van der Waals surface area contributed by atoms with Crippen LogP contribution in [-0.4, -0.2) is 37.5 Å². The van der Waals surface area contributed by atoms with E-state index in [1.54, 1.807) is 69.5 Å². The third-order valence-electron chi connectivity index (χ3n) is 4.41. The van der Waals surface area contributed by atoms with Crippen molar-refractivity contribution >= 4 is 17.7 Å². The quantitative estimate of drug-likeness (QED) is 0.474. The number of benzene rings is 2. The summed E-state index contributed by atoms with van der Waals surface area (Å²) in [4.78, 5) is 36.4. The minimum atomic E-state index is -0.845. The normalized spacial score (nSPS) is 12.4. The third-order valence-corrected chi connectivity index (χ3v) is 4.41. The molecule has 2 aromatic carbocycles. The van der Waals surface area contributed by atoms with Crippen LogP contribution in [0.2, 0.25) is 0 Å². The fourth-order valence-corrected chi connectivity index (χ4v) is 2.83. The first-order valence-electron chi connectivity index (χ1n) is 9.71. The van der Waals surface area contributed by atoms with Crippen LogP contribution in [0.3, 0.4) is 0 Å². The van der Waals surface area contributed by atoms with Gasteiger partial charge in [-0.25, -0.2) is 0 Å². The standard InChI is InChI=1S/C23H27NO6/c1-5-29-22(26)14-21(18-9-7-10-19(13-18)28-4)24-23(27)16(3)30-20-11-6-8-17(12-20)15(2)25/h6-13,16,21H,5,14H2,1-4H3,(H,24,27). The smallest absolute Gasteiger partial charge is 0.308 e. The van der Waals surface area contributed by atoms with E-state index in [4.69, 9.17) is 14.2 Å². The lowest BCUT2D eigenvalue weighted by molar-refractivity contribution is -0.144. The van der Waals surface area contributed by atoms with Crippen molar-refractivity contribution in [1.29, 1.82) is 0 Å². The Morgan fingerprint density at radius 3 is 2.40 bits per heavy atom. The monoisotopic (exact) mass is 413 g/mol. The zero-order valence-corrected chi connectivity index (χ0v) is 17.6. The van der Waals surface area contributed by atoms with Crippen LogP contribution < -0.4 is 14.8 Å². The number of carbonyl (C=O) groups is 3. The van der Waals surface area contributed by atoms with Crippen molar-refractivity contribution in [3.05, 3.63) is 59.7 Å². The molecule has 0 heterocycles. The van der Waals surface area contributed by atoms with Gasteiger partial charge < -0.3 is 19.5 Å². The summed E-state index contributed by atoms with van der Waals surface area (Å²) < 4.78 is 16.0. The highest BCUT2D eigenvalue weighted by atomic mass is 16.5. The molecular weight excluding hydrogens is 386 g/mol. The number of ketones is 1. The maximum Gasteiger partial charge on any atom is 0.308 e. The van der Waals surface area contributed by atoms with Gasteiger partial charge in [0.1, 0.15) is 11.5 Å². The molecule has 2 rings (SSSR count). The molecule has 0 saturated heterocycles. The molecule has 0 bridgehead atoms. The SMILES string of the molecule is CCOC(=O)CC(NC(=O)C(C)Oc1cccc(C(C)=O)c1)c1cccc(OC)c1.